The average molecular weight is 392 g/mol. The average Bonchev–Trinajstić information content (AvgIpc) is 3.36. The molecule has 150 valence electrons. The van der Waals surface area contributed by atoms with E-state index in [0.717, 1.165) is 47.7 Å². The first-order valence-electron chi connectivity index (χ1n) is 9.63. The van der Waals surface area contributed by atoms with E-state index in [9.17, 15) is 4.79 Å². The molecule has 0 amide bonds. The molecule has 3 heterocycles. The van der Waals surface area contributed by atoms with E-state index >= 15 is 0 Å². The summed E-state index contributed by atoms with van der Waals surface area (Å²) in [6.45, 7) is 0.263. The molecule has 0 spiro atoms. The molecule has 0 aliphatic heterocycles. The van der Waals surface area contributed by atoms with Gasteiger partial charge in [0.15, 0.2) is 11.6 Å². The molecule has 0 radical (unpaired) electrons. The first-order chi connectivity index (χ1) is 14.0. The standard InChI is InChI=1S/C21H24N6O2/c1-26-12-19(23-13-26)20-24-18-6-4-5-17(18)21(25-20)27(2)11-15(28)9-14-7-8-16(29-3)10-22-14/h7-8,10,12-13H,4-6,9,11H2,1-3H3. The summed E-state index contributed by atoms with van der Waals surface area (Å²) in [5.41, 5.74) is 3.67. The van der Waals surface area contributed by atoms with E-state index in [1.165, 1.54) is 0 Å². The zero-order valence-electron chi connectivity index (χ0n) is 16.9. The van der Waals surface area contributed by atoms with Gasteiger partial charge in [0.05, 0.1) is 32.6 Å². The Balaban J connectivity index is 1.53. The molecular formula is C21H24N6O2. The molecule has 8 nitrogen and oxygen atoms in total. The van der Waals surface area contributed by atoms with Crippen LogP contribution in [0, 0.1) is 0 Å². The number of carbonyl (C=O) groups is 1. The summed E-state index contributed by atoms with van der Waals surface area (Å²) < 4.78 is 6.99. The van der Waals surface area contributed by atoms with Crippen LogP contribution in [0.25, 0.3) is 11.5 Å². The van der Waals surface area contributed by atoms with E-state index in [-0.39, 0.29) is 18.7 Å². The quantitative estimate of drug-likeness (QED) is 0.608. The molecule has 0 bridgehead atoms. The van der Waals surface area contributed by atoms with Gasteiger partial charge in [-0.2, -0.15) is 0 Å². The molecule has 8 heteroatoms. The molecular weight excluding hydrogens is 368 g/mol. The molecule has 0 N–H and O–H groups in total. The highest BCUT2D eigenvalue weighted by Crippen LogP contribution is 2.30. The molecule has 0 aromatic carbocycles. The van der Waals surface area contributed by atoms with Gasteiger partial charge >= 0.3 is 0 Å². The van der Waals surface area contributed by atoms with Gasteiger partial charge < -0.3 is 14.2 Å². The third-order valence-corrected chi connectivity index (χ3v) is 5.03. The lowest BCUT2D eigenvalue weighted by molar-refractivity contribution is -0.117. The maximum Gasteiger partial charge on any atom is 0.182 e. The lowest BCUT2D eigenvalue weighted by Crippen LogP contribution is -2.29. The van der Waals surface area contributed by atoms with Crippen LogP contribution in [0.5, 0.6) is 5.75 Å². The fourth-order valence-electron chi connectivity index (χ4n) is 3.60. The van der Waals surface area contributed by atoms with Gasteiger partial charge in [-0.15, -0.1) is 0 Å². The molecule has 0 unspecified atom stereocenters. The third-order valence-electron chi connectivity index (χ3n) is 5.03. The number of Topliss-reactive ketones (excluding diaryl/α,β-unsaturated/α-hetero) is 1. The van der Waals surface area contributed by atoms with Gasteiger partial charge in [-0.25, -0.2) is 15.0 Å². The van der Waals surface area contributed by atoms with E-state index in [1.54, 1.807) is 19.6 Å². The number of likely N-dealkylation sites (N-methyl/N-ethyl adjacent to an activating group) is 1. The fourth-order valence-corrected chi connectivity index (χ4v) is 3.60. The second kappa shape index (κ2) is 7.98. The number of hydrogen-bond acceptors (Lipinski definition) is 7. The van der Waals surface area contributed by atoms with Crippen LogP contribution in [0.3, 0.4) is 0 Å². The third kappa shape index (κ3) is 4.11. The number of aromatic nitrogens is 5. The van der Waals surface area contributed by atoms with Gasteiger partial charge in [0, 0.05) is 37.2 Å². The number of anilines is 1. The lowest BCUT2D eigenvalue weighted by atomic mass is 10.1. The van der Waals surface area contributed by atoms with Crippen LogP contribution < -0.4 is 9.64 Å². The molecule has 0 saturated carbocycles. The molecule has 1 aliphatic carbocycles. The Labute approximate surface area is 169 Å². The van der Waals surface area contributed by atoms with E-state index in [0.29, 0.717) is 11.6 Å². The summed E-state index contributed by atoms with van der Waals surface area (Å²) in [6, 6.07) is 3.63. The van der Waals surface area contributed by atoms with E-state index in [1.807, 2.05) is 41.9 Å². The summed E-state index contributed by atoms with van der Waals surface area (Å²) in [7, 11) is 5.42. The van der Waals surface area contributed by atoms with Crippen molar-refractivity contribution in [2.24, 2.45) is 7.05 Å². The number of ether oxygens (including phenoxy) is 1. The van der Waals surface area contributed by atoms with Crippen molar-refractivity contribution in [3.05, 3.63) is 47.8 Å². The number of methoxy groups -OCH3 is 1. The fraction of sp³-hybridized carbons (Fsp3) is 0.381. The van der Waals surface area contributed by atoms with Crippen molar-refractivity contribution in [3.8, 4) is 17.3 Å². The van der Waals surface area contributed by atoms with E-state index in [2.05, 4.69) is 9.97 Å². The molecule has 3 aromatic heterocycles. The maximum atomic E-state index is 12.6. The number of fused-ring (bicyclic) bond motifs is 1. The van der Waals surface area contributed by atoms with Crippen molar-refractivity contribution in [2.75, 3.05) is 25.6 Å². The SMILES string of the molecule is COc1ccc(CC(=O)CN(C)c2nc(-c3cn(C)cn3)nc3c2CCC3)nc1. The second-order valence-electron chi connectivity index (χ2n) is 7.33. The predicted octanol–water partition coefficient (Wildman–Crippen LogP) is 2.02. The second-order valence-corrected chi connectivity index (χ2v) is 7.33. The summed E-state index contributed by atoms with van der Waals surface area (Å²) in [4.78, 5) is 32.7. The van der Waals surface area contributed by atoms with Crippen LogP contribution in [0.1, 0.15) is 23.4 Å². The molecule has 1 aliphatic rings. The van der Waals surface area contributed by atoms with Crippen molar-refractivity contribution in [1.29, 1.82) is 0 Å². The minimum atomic E-state index is 0.0786. The highest BCUT2D eigenvalue weighted by atomic mass is 16.5. The van der Waals surface area contributed by atoms with Gasteiger partial charge in [0.1, 0.15) is 17.3 Å². The van der Waals surface area contributed by atoms with Gasteiger partial charge in [-0.05, 0) is 31.4 Å². The van der Waals surface area contributed by atoms with Gasteiger partial charge in [0.2, 0.25) is 0 Å². The minimum Gasteiger partial charge on any atom is -0.495 e. The Morgan fingerprint density at radius 1 is 1.24 bits per heavy atom. The zero-order valence-corrected chi connectivity index (χ0v) is 16.9. The zero-order chi connectivity index (χ0) is 20.4. The molecule has 29 heavy (non-hydrogen) atoms. The predicted molar refractivity (Wildman–Crippen MR) is 109 cm³/mol. The lowest BCUT2D eigenvalue weighted by Gasteiger charge is -2.21. The summed E-state index contributed by atoms with van der Waals surface area (Å²) in [5.74, 6) is 2.19. The first-order valence-corrected chi connectivity index (χ1v) is 9.63. The number of aryl methyl sites for hydroxylation is 2. The molecule has 0 atom stereocenters. The van der Waals surface area contributed by atoms with Crippen molar-refractivity contribution < 1.29 is 9.53 Å². The monoisotopic (exact) mass is 392 g/mol. The van der Waals surface area contributed by atoms with Gasteiger partial charge in [0.25, 0.3) is 0 Å². The number of nitrogens with zero attached hydrogens (tertiary/aromatic N) is 6. The largest absolute Gasteiger partial charge is 0.495 e. The number of carbonyl (C=O) groups excluding carboxylic acids is 1. The maximum absolute atomic E-state index is 12.6. The number of pyridine rings is 1. The van der Waals surface area contributed by atoms with Crippen LogP contribution in [0.4, 0.5) is 5.82 Å². The number of hydrogen-bond donors (Lipinski definition) is 0. The van der Waals surface area contributed by atoms with Crippen molar-refractivity contribution in [1.82, 2.24) is 24.5 Å². The van der Waals surface area contributed by atoms with Crippen LogP contribution in [-0.4, -0.2) is 51.0 Å². The normalized spacial score (nSPS) is 12.7. The summed E-state index contributed by atoms with van der Waals surface area (Å²) >= 11 is 0. The number of ketones is 1. The molecule has 0 saturated heterocycles. The topological polar surface area (TPSA) is 86.0 Å². The van der Waals surface area contributed by atoms with E-state index in [4.69, 9.17) is 14.7 Å². The van der Waals surface area contributed by atoms with Crippen LogP contribution in [0.2, 0.25) is 0 Å². The van der Waals surface area contributed by atoms with Gasteiger partial charge in [-0.1, -0.05) is 0 Å². The minimum absolute atomic E-state index is 0.0786. The Morgan fingerprint density at radius 2 is 2.10 bits per heavy atom. The molecule has 0 fully saturated rings. The highest BCUT2D eigenvalue weighted by Gasteiger charge is 2.23. The van der Waals surface area contributed by atoms with Crippen molar-refractivity contribution in [3.63, 3.8) is 0 Å². The highest BCUT2D eigenvalue weighted by molar-refractivity contribution is 5.85. The summed E-state index contributed by atoms with van der Waals surface area (Å²) in [5, 5.41) is 0. The Bertz CT molecular complexity index is 1030. The Hall–Kier alpha value is -3.29. The van der Waals surface area contributed by atoms with Crippen LogP contribution in [0.15, 0.2) is 30.9 Å². The smallest absolute Gasteiger partial charge is 0.182 e. The van der Waals surface area contributed by atoms with Crippen molar-refractivity contribution >= 4 is 11.6 Å². The Morgan fingerprint density at radius 3 is 2.79 bits per heavy atom. The Kier molecular flexibility index (Phi) is 5.24. The number of imidazole rings is 1. The van der Waals surface area contributed by atoms with Gasteiger partial charge in [-0.3, -0.25) is 9.78 Å². The summed E-state index contributed by atoms with van der Waals surface area (Å²) in [6.07, 6.45) is 8.47. The number of rotatable bonds is 7. The van der Waals surface area contributed by atoms with E-state index < -0.39 is 0 Å². The van der Waals surface area contributed by atoms with Crippen molar-refractivity contribution in [2.45, 2.75) is 25.7 Å². The van der Waals surface area contributed by atoms with Crippen LogP contribution in [-0.2, 0) is 31.1 Å². The molecule has 4 rings (SSSR count). The molecule has 3 aromatic rings. The van der Waals surface area contributed by atoms with Crippen LogP contribution >= 0.6 is 0 Å². The first kappa shape index (κ1) is 19.0.